The number of carbonyl (C=O) groups is 1. The van der Waals surface area contributed by atoms with Gasteiger partial charge in [-0.25, -0.2) is 4.39 Å². The first-order valence-electron chi connectivity index (χ1n) is 10.8. The number of rotatable bonds is 5. The molecule has 32 heavy (non-hydrogen) atoms. The zero-order valence-electron chi connectivity index (χ0n) is 17.6. The van der Waals surface area contributed by atoms with Gasteiger partial charge < -0.3 is 9.84 Å². The van der Waals surface area contributed by atoms with Gasteiger partial charge in [-0.2, -0.15) is 5.26 Å². The third-order valence-corrected chi connectivity index (χ3v) is 6.72. The van der Waals surface area contributed by atoms with Crippen LogP contribution in [-0.4, -0.2) is 11.1 Å². The second kappa shape index (κ2) is 7.80. The van der Waals surface area contributed by atoms with Crippen LogP contribution < -0.4 is 4.74 Å². The van der Waals surface area contributed by atoms with Crippen LogP contribution in [0.25, 0.3) is 11.1 Å². The molecule has 0 aromatic heterocycles. The summed E-state index contributed by atoms with van der Waals surface area (Å²) in [6.45, 7) is 1.92. The average Bonchev–Trinajstić information content (AvgIpc) is 3.49. The highest BCUT2D eigenvalue weighted by Crippen LogP contribution is 2.48. The molecule has 0 radical (unpaired) electrons. The lowest BCUT2D eigenvalue weighted by Gasteiger charge is -2.17. The molecule has 0 spiro atoms. The standard InChI is InChI=1S/C27H22FNO3/c1-15-17(14-29)3-2-4-19(15)20-9-11-24(28)26-21(20)10-12-25(26)32-18-7-5-16(6-8-18)22-13-23(22)27(30)31/h2-9,11,22-23,25H,10,12-13H2,1H3,(H,30,31)/t22?,23?,25-/m1/s1. The third kappa shape index (κ3) is 3.42. The minimum Gasteiger partial charge on any atom is -0.486 e. The minimum absolute atomic E-state index is 0.0705. The number of ether oxygens (including phenoxy) is 1. The minimum atomic E-state index is -0.750. The zero-order valence-corrected chi connectivity index (χ0v) is 17.6. The van der Waals surface area contributed by atoms with Crippen LogP contribution in [0.4, 0.5) is 4.39 Å². The van der Waals surface area contributed by atoms with Crippen LogP contribution in [-0.2, 0) is 11.2 Å². The molecule has 4 nitrogen and oxygen atoms in total. The fraction of sp³-hybridized carbons (Fsp3) is 0.259. The lowest BCUT2D eigenvalue weighted by molar-refractivity contribution is -0.138. The maximum absolute atomic E-state index is 14.9. The highest BCUT2D eigenvalue weighted by Gasteiger charge is 2.44. The number of carboxylic acid groups (broad SMARTS) is 1. The van der Waals surface area contributed by atoms with Gasteiger partial charge in [0.05, 0.1) is 17.6 Å². The molecule has 1 fully saturated rings. The quantitative estimate of drug-likeness (QED) is 0.548. The van der Waals surface area contributed by atoms with Crippen molar-refractivity contribution >= 4 is 5.97 Å². The second-order valence-corrected chi connectivity index (χ2v) is 8.58. The summed E-state index contributed by atoms with van der Waals surface area (Å²) >= 11 is 0. The van der Waals surface area contributed by atoms with E-state index in [9.17, 15) is 14.4 Å². The molecule has 1 N–H and O–H groups in total. The van der Waals surface area contributed by atoms with Gasteiger partial charge in [-0.15, -0.1) is 0 Å². The number of benzene rings is 3. The number of halogens is 1. The van der Waals surface area contributed by atoms with Gasteiger partial charge in [-0.1, -0.05) is 30.3 Å². The normalized spacial score (nSPS) is 21.0. The van der Waals surface area contributed by atoms with Gasteiger partial charge in [0.25, 0.3) is 0 Å². The molecule has 160 valence electrons. The molecule has 0 aliphatic heterocycles. The van der Waals surface area contributed by atoms with Gasteiger partial charge in [0, 0.05) is 5.56 Å². The van der Waals surface area contributed by atoms with E-state index in [4.69, 9.17) is 9.84 Å². The summed E-state index contributed by atoms with van der Waals surface area (Å²) in [6.07, 6.45) is 1.66. The predicted molar refractivity (Wildman–Crippen MR) is 118 cm³/mol. The van der Waals surface area contributed by atoms with E-state index >= 15 is 0 Å². The molecule has 2 aliphatic rings. The highest BCUT2D eigenvalue weighted by molar-refractivity contribution is 5.75. The Bertz CT molecular complexity index is 1260. The van der Waals surface area contributed by atoms with Crippen LogP contribution >= 0.6 is 0 Å². The van der Waals surface area contributed by atoms with Crippen molar-refractivity contribution in [2.45, 2.75) is 38.2 Å². The maximum atomic E-state index is 14.9. The number of nitriles is 1. The third-order valence-electron chi connectivity index (χ3n) is 6.72. The Labute approximate surface area is 185 Å². The topological polar surface area (TPSA) is 70.3 Å². The molecule has 3 aromatic rings. The van der Waals surface area contributed by atoms with E-state index in [0.717, 1.165) is 27.8 Å². The molecule has 0 bridgehead atoms. The molecular weight excluding hydrogens is 405 g/mol. The molecular formula is C27H22FNO3. The van der Waals surface area contributed by atoms with Crippen molar-refractivity contribution in [3.63, 3.8) is 0 Å². The Balaban J connectivity index is 1.42. The monoisotopic (exact) mass is 427 g/mol. The van der Waals surface area contributed by atoms with Crippen LogP contribution in [0.15, 0.2) is 54.6 Å². The lowest BCUT2D eigenvalue weighted by atomic mass is 9.91. The van der Waals surface area contributed by atoms with Crippen molar-refractivity contribution < 1.29 is 19.0 Å². The Hall–Kier alpha value is -3.65. The zero-order chi connectivity index (χ0) is 22.4. The van der Waals surface area contributed by atoms with Crippen LogP contribution in [0.2, 0.25) is 0 Å². The molecule has 2 unspecified atom stereocenters. The fourth-order valence-corrected chi connectivity index (χ4v) is 4.89. The molecule has 0 heterocycles. The number of nitrogens with zero attached hydrogens (tertiary/aromatic N) is 1. The Morgan fingerprint density at radius 1 is 1.12 bits per heavy atom. The van der Waals surface area contributed by atoms with Crippen molar-refractivity contribution in [2.75, 3.05) is 0 Å². The maximum Gasteiger partial charge on any atom is 0.307 e. The number of hydrogen-bond acceptors (Lipinski definition) is 3. The van der Waals surface area contributed by atoms with E-state index in [1.165, 1.54) is 6.07 Å². The van der Waals surface area contributed by atoms with E-state index in [-0.39, 0.29) is 23.8 Å². The van der Waals surface area contributed by atoms with Crippen LogP contribution in [0, 0.1) is 30.0 Å². The van der Waals surface area contributed by atoms with E-state index in [0.29, 0.717) is 36.1 Å². The number of fused-ring (bicyclic) bond motifs is 1. The average molecular weight is 427 g/mol. The second-order valence-electron chi connectivity index (χ2n) is 8.58. The van der Waals surface area contributed by atoms with E-state index < -0.39 is 5.97 Å². The van der Waals surface area contributed by atoms with Gasteiger partial charge in [-0.05, 0) is 84.2 Å². The fourth-order valence-electron chi connectivity index (χ4n) is 4.89. The van der Waals surface area contributed by atoms with Crippen molar-refractivity contribution in [3.05, 3.63) is 88.2 Å². The van der Waals surface area contributed by atoms with Crippen LogP contribution in [0.1, 0.15) is 52.7 Å². The molecule has 3 aromatic carbocycles. The van der Waals surface area contributed by atoms with Gasteiger partial charge in [0.15, 0.2) is 0 Å². The van der Waals surface area contributed by atoms with Gasteiger partial charge >= 0.3 is 5.97 Å². The smallest absolute Gasteiger partial charge is 0.307 e. The van der Waals surface area contributed by atoms with Gasteiger partial charge in [0.1, 0.15) is 17.7 Å². The lowest BCUT2D eigenvalue weighted by Crippen LogP contribution is -2.06. The Morgan fingerprint density at radius 2 is 1.91 bits per heavy atom. The molecule has 5 heteroatoms. The van der Waals surface area contributed by atoms with E-state index in [1.807, 2.05) is 43.3 Å². The molecule has 0 saturated heterocycles. The highest BCUT2D eigenvalue weighted by atomic mass is 19.1. The summed E-state index contributed by atoms with van der Waals surface area (Å²) in [5, 5.41) is 18.5. The Kier molecular flexibility index (Phi) is 4.94. The summed E-state index contributed by atoms with van der Waals surface area (Å²) in [4.78, 5) is 11.1. The summed E-state index contributed by atoms with van der Waals surface area (Å²) in [7, 11) is 0. The summed E-state index contributed by atoms with van der Waals surface area (Å²) in [6, 6.07) is 18.6. The van der Waals surface area contributed by atoms with E-state index in [1.54, 1.807) is 12.1 Å². The summed E-state index contributed by atoms with van der Waals surface area (Å²) < 4.78 is 21.1. The summed E-state index contributed by atoms with van der Waals surface area (Å²) in [5.41, 5.74) is 5.93. The van der Waals surface area contributed by atoms with E-state index in [2.05, 4.69) is 6.07 Å². The molecule has 1 saturated carbocycles. The van der Waals surface area contributed by atoms with Crippen LogP contribution in [0.3, 0.4) is 0 Å². The van der Waals surface area contributed by atoms with Crippen molar-refractivity contribution in [1.29, 1.82) is 5.26 Å². The molecule has 5 rings (SSSR count). The molecule has 0 amide bonds. The summed E-state index contributed by atoms with van der Waals surface area (Å²) in [5.74, 6) is -0.606. The number of hydrogen-bond donors (Lipinski definition) is 1. The predicted octanol–water partition coefficient (Wildman–Crippen LogP) is 5.93. The first-order chi connectivity index (χ1) is 15.5. The van der Waals surface area contributed by atoms with Gasteiger partial charge in [0.2, 0.25) is 0 Å². The van der Waals surface area contributed by atoms with Crippen molar-refractivity contribution in [2.24, 2.45) is 5.92 Å². The van der Waals surface area contributed by atoms with Crippen molar-refractivity contribution in [1.82, 2.24) is 0 Å². The van der Waals surface area contributed by atoms with Crippen molar-refractivity contribution in [3.8, 4) is 22.9 Å². The number of carboxylic acids is 1. The largest absolute Gasteiger partial charge is 0.486 e. The molecule has 2 aliphatic carbocycles. The van der Waals surface area contributed by atoms with Gasteiger partial charge in [-0.3, -0.25) is 4.79 Å². The number of aliphatic carboxylic acids is 1. The SMILES string of the molecule is Cc1c(C#N)cccc1-c1ccc(F)c2c1CC[C@H]2Oc1ccc(C2CC2C(=O)O)cc1. The first-order valence-corrected chi connectivity index (χ1v) is 10.8. The van der Waals surface area contributed by atoms with Crippen LogP contribution in [0.5, 0.6) is 5.75 Å². The Morgan fingerprint density at radius 3 is 2.59 bits per heavy atom. The first kappa shape index (κ1) is 20.3. The molecule has 3 atom stereocenters.